The van der Waals surface area contributed by atoms with Crippen LogP contribution in [-0.2, 0) is 31.0 Å². The molecule has 1 amide bonds. The van der Waals surface area contributed by atoms with Crippen LogP contribution in [0, 0.1) is 0 Å². The van der Waals surface area contributed by atoms with E-state index in [0.29, 0.717) is 13.0 Å². The predicted molar refractivity (Wildman–Crippen MR) is 145 cm³/mol. The Morgan fingerprint density at radius 3 is 2.38 bits per heavy atom. The third-order valence-corrected chi connectivity index (χ3v) is 9.38. The number of rotatable bonds is 10. The summed E-state index contributed by atoms with van der Waals surface area (Å²) < 4.78 is 31.9. The fourth-order valence-electron chi connectivity index (χ4n) is 3.33. The first kappa shape index (κ1) is 29.1. The summed E-state index contributed by atoms with van der Waals surface area (Å²) in [4.78, 5) is 52.1. The Balaban J connectivity index is 1.98. The quantitative estimate of drug-likeness (QED) is 0.188. The average Bonchev–Trinajstić information content (AvgIpc) is 3.38. The van der Waals surface area contributed by atoms with E-state index in [4.69, 9.17) is 21.9 Å². The Morgan fingerprint density at radius 1 is 1.08 bits per heavy atom. The number of carboxylic acids is 2. The summed E-state index contributed by atoms with van der Waals surface area (Å²) >= 11 is 8.23. The van der Waals surface area contributed by atoms with E-state index in [1.807, 2.05) is 18.0 Å². The van der Waals surface area contributed by atoms with E-state index >= 15 is 0 Å². The molecule has 37 heavy (non-hydrogen) atoms. The van der Waals surface area contributed by atoms with Crippen molar-refractivity contribution >= 4 is 90.3 Å². The molecule has 1 aromatic heterocycles. The highest BCUT2D eigenvalue weighted by molar-refractivity contribution is 8.30. The zero-order valence-electron chi connectivity index (χ0n) is 19.1. The number of hydrogen-bond acceptors (Lipinski definition) is 11. The Bertz CT molecular complexity index is 1500. The molecule has 3 heterocycles. The van der Waals surface area contributed by atoms with Crippen LogP contribution < -0.4 is 14.8 Å². The largest absolute Gasteiger partial charge is 0.480 e. The van der Waals surface area contributed by atoms with Crippen molar-refractivity contribution in [2.24, 2.45) is 0 Å². The second-order valence-electron chi connectivity index (χ2n) is 7.74. The van der Waals surface area contributed by atoms with E-state index in [9.17, 15) is 32.7 Å². The lowest BCUT2D eigenvalue weighted by molar-refractivity contribution is -0.140. The van der Waals surface area contributed by atoms with Gasteiger partial charge >= 0.3 is 11.9 Å². The van der Waals surface area contributed by atoms with Gasteiger partial charge in [-0.05, 0) is 31.9 Å². The number of carbonyl (C=O) groups excluding carboxylic acids is 1. The molecule has 0 radical (unpaired) electrons. The van der Waals surface area contributed by atoms with Gasteiger partial charge in [-0.3, -0.25) is 33.2 Å². The highest BCUT2D eigenvalue weighted by Gasteiger charge is 2.35. The maximum absolute atomic E-state index is 13.0. The molecular weight excluding hydrogens is 587 g/mol. The van der Waals surface area contributed by atoms with Gasteiger partial charge in [0.25, 0.3) is 21.6 Å². The van der Waals surface area contributed by atoms with Crippen LogP contribution in [0.25, 0.3) is 11.0 Å². The molecule has 0 atom stereocenters. The Morgan fingerprint density at radius 2 is 1.76 bits per heavy atom. The number of allylic oxidation sites excluding steroid dienone is 2. The molecule has 0 bridgehead atoms. The summed E-state index contributed by atoms with van der Waals surface area (Å²) in [5, 5.41) is 19.1. The van der Waals surface area contributed by atoms with Gasteiger partial charge in [-0.15, -0.1) is 11.3 Å². The van der Waals surface area contributed by atoms with E-state index in [2.05, 4.69) is 0 Å². The molecule has 2 aliphatic rings. The molecule has 12 nitrogen and oxygen atoms in total. The van der Waals surface area contributed by atoms with E-state index in [1.54, 1.807) is 6.08 Å². The molecule has 1 fully saturated rings. The number of carboxylic acid groups (broad SMARTS) is 2. The van der Waals surface area contributed by atoms with Crippen LogP contribution >= 0.6 is 47.1 Å². The summed E-state index contributed by atoms with van der Waals surface area (Å²) in [6.45, 7) is 0.994. The zero-order chi connectivity index (χ0) is 27.5. The Labute approximate surface area is 228 Å². The summed E-state index contributed by atoms with van der Waals surface area (Å²) in [7, 11) is -4.03. The smallest absolute Gasteiger partial charge is 0.323 e. The third kappa shape index (κ3) is 7.55. The van der Waals surface area contributed by atoms with E-state index in [0.717, 1.165) is 42.5 Å². The zero-order valence-corrected chi connectivity index (χ0v) is 23.2. The molecule has 200 valence electrons. The van der Waals surface area contributed by atoms with Gasteiger partial charge in [-0.1, -0.05) is 35.7 Å². The molecule has 1 saturated heterocycles. The minimum Gasteiger partial charge on any atom is -0.480 e. The predicted octanol–water partition coefficient (Wildman–Crippen LogP) is 0.248. The van der Waals surface area contributed by atoms with Crippen LogP contribution in [0.5, 0.6) is 0 Å². The number of carbonyl (C=O) groups is 3. The number of nitrogens with zero attached hydrogens (tertiary/aromatic N) is 3. The molecule has 2 aliphatic heterocycles. The number of aromatic nitrogens is 1. The molecule has 1 aromatic rings. The standard InChI is InChI=1S/C20H21N3O9S5/c1-11-8-21(6-2-3-7-37(30,31)32)13(34-11)5-4-12-17(28)22(9-14(24)25)19(35-12)16-18(29)23(10-15(26)27)20(33)36-16/h4-5,8H,2-3,6-7,9-10H2,1H3,(H,24,25)(H,26,27)(H,30,31,32)/b12-4?,13-5?,19-16+. The first-order chi connectivity index (χ1) is 17.3. The van der Waals surface area contributed by atoms with Crippen LogP contribution in [-0.4, -0.2) is 78.6 Å². The van der Waals surface area contributed by atoms with Gasteiger partial charge < -0.3 is 15.1 Å². The van der Waals surface area contributed by atoms with Crippen LogP contribution in [0.15, 0.2) is 27.0 Å². The molecule has 17 heteroatoms. The minimum absolute atomic E-state index is 0.00804. The number of unbranched alkanes of at least 4 members (excludes halogenated alkanes) is 1. The molecular formula is C20H21N3O9S5. The van der Waals surface area contributed by atoms with Crippen molar-refractivity contribution in [3.63, 3.8) is 0 Å². The number of thiazole rings is 1. The van der Waals surface area contributed by atoms with E-state index in [-0.39, 0.29) is 30.6 Å². The van der Waals surface area contributed by atoms with Crippen molar-refractivity contribution in [2.75, 3.05) is 18.8 Å². The third-order valence-electron chi connectivity index (χ3n) is 4.85. The molecule has 0 spiro atoms. The number of hydrogen-bond donors (Lipinski definition) is 3. The molecule has 0 saturated carbocycles. The molecule has 3 rings (SSSR count). The first-order valence-corrected chi connectivity index (χ1v) is 14.9. The van der Waals surface area contributed by atoms with Crippen LogP contribution in [0.4, 0.5) is 0 Å². The van der Waals surface area contributed by atoms with Crippen LogP contribution in [0.3, 0.4) is 0 Å². The number of thioether (sulfide) groups is 2. The summed E-state index contributed by atoms with van der Waals surface area (Å²) in [6, 6.07) is 0. The fourth-order valence-corrected chi connectivity index (χ4v) is 7.26. The van der Waals surface area contributed by atoms with E-state index in [1.165, 1.54) is 17.8 Å². The highest BCUT2D eigenvalue weighted by Crippen LogP contribution is 2.36. The van der Waals surface area contributed by atoms with E-state index < -0.39 is 46.6 Å². The Hall–Kier alpha value is -2.44. The van der Waals surface area contributed by atoms with Crippen molar-refractivity contribution in [3.05, 3.63) is 41.8 Å². The van der Waals surface area contributed by atoms with Crippen molar-refractivity contribution < 1.29 is 37.6 Å². The summed E-state index contributed by atoms with van der Waals surface area (Å²) in [5.41, 5.74) is -0.630. The van der Waals surface area contributed by atoms with Gasteiger partial charge in [0.15, 0.2) is 0 Å². The number of amides is 1. The van der Waals surface area contributed by atoms with Gasteiger partial charge in [0.05, 0.1) is 15.3 Å². The van der Waals surface area contributed by atoms with Crippen molar-refractivity contribution in [2.45, 2.75) is 26.3 Å². The summed E-state index contributed by atoms with van der Waals surface area (Å²) in [6.07, 6.45) is 5.79. The van der Waals surface area contributed by atoms with Crippen LogP contribution in [0.2, 0.25) is 0 Å². The number of thiocarbonyl (C=S) groups is 1. The van der Waals surface area contributed by atoms with Gasteiger partial charge in [0.2, 0.25) is 0 Å². The lowest BCUT2D eigenvalue weighted by Gasteiger charge is -2.16. The SMILES string of the molecule is CC1=CN(CCCCS(=O)(=O)O)C(=CC=c2s/c(=C3/SC(=S)N(CC(=O)O)C3=O)n(CC(=O)O)c2=O)S1. The van der Waals surface area contributed by atoms with Gasteiger partial charge in [0.1, 0.15) is 27.0 Å². The topological polar surface area (TPSA) is 175 Å². The fraction of sp³-hybridized carbons (Fsp3) is 0.350. The maximum Gasteiger partial charge on any atom is 0.323 e. The lowest BCUT2D eigenvalue weighted by Crippen LogP contribution is -2.36. The second kappa shape index (κ2) is 12.0. The molecule has 3 N–H and O–H groups in total. The lowest BCUT2D eigenvalue weighted by atomic mass is 10.3. The van der Waals surface area contributed by atoms with Crippen molar-refractivity contribution in [1.82, 2.24) is 14.4 Å². The first-order valence-electron chi connectivity index (χ1n) is 10.5. The minimum atomic E-state index is -4.03. The normalized spacial score (nSPS) is 19.4. The molecule has 0 unspecified atom stereocenters. The van der Waals surface area contributed by atoms with Crippen molar-refractivity contribution in [1.29, 1.82) is 0 Å². The molecule has 0 aromatic carbocycles. The average molecular weight is 608 g/mol. The monoisotopic (exact) mass is 607 g/mol. The molecule has 0 aliphatic carbocycles. The second-order valence-corrected chi connectivity index (χ2v) is 13.3. The Kier molecular flexibility index (Phi) is 9.41. The number of aliphatic carboxylic acids is 2. The van der Waals surface area contributed by atoms with Crippen molar-refractivity contribution in [3.8, 4) is 0 Å². The van der Waals surface area contributed by atoms with Gasteiger partial charge in [-0.2, -0.15) is 8.42 Å². The van der Waals surface area contributed by atoms with Gasteiger partial charge in [-0.25, -0.2) is 0 Å². The summed E-state index contributed by atoms with van der Waals surface area (Å²) in [5.74, 6) is -3.63. The van der Waals surface area contributed by atoms with Gasteiger partial charge in [0, 0.05) is 17.6 Å². The highest BCUT2D eigenvalue weighted by atomic mass is 32.2. The maximum atomic E-state index is 13.0. The van der Waals surface area contributed by atoms with Crippen LogP contribution in [0.1, 0.15) is 19.8 Å².